The van der Waals surface area contributed by atoms with Crippen LogP contribution in [-0.4, -0.2) is 4.92 Å². The summed E-state index contributed by atoms with van der Waals surface area (Å²) in [5, 5.41) is 11.0. The summed E-state index contributed by atoms with van der Waals surface area (Å²) in [6, 6.07) is 9.67. The van der Waals surface area contributed by atoms with E-state index in [4.69, 9.17) is 0 Å². The van der Waals surface area contributed by atoms with Gasteiger partial charge in [-0.15, -0.1) is 0 Å². The van der Waals surface area contributed by atoms with Crippen molar-refractivity contribution in [3.8, 4) is 0 Å². The van der Waals surface area contributed by atoms with Gasteiger partial charge >= 0.3 is 0 Å². The lowest BCUT2D eigenvalue weighted by Crippen LogP contribution is -2.00. The van der Waals surface area contributed by atoms with Gasteiger partial charge < -0.3 is 0 Å². The molecule has 0 radical (unpaired) electrons. The number of nitrogens with zero attached hydrogens (tertiary/aromatic N) is 1. The van der Waals surface area contributed by atoms with E-state index in [0.717, 1.165) is 30.4 Å². The first-order valence-electron chi connectivity index (χ1n) is 6.56. The third-order valence-corrected chi connectivity index (χ3v) is 3.11. The lowest BCUT2D eigenvalue weighted by atomic mass is 9.98. The summed E-state index contributed by atoms with van der Waals surface area (Å²) in [6.45, 7) is 3.76. The molecule has 0 aromatic heterocycles. The monoisotopic (exact) mass is 247 g/mol. The Morgan fingerprint density at radius 1 is 1.17 bits per heavy atom. The standard InChI is InChI=1S/C15H21NO2/c1-3-4-5-9-12-15(13(2)16(17)18)14-10-7-6-8-11-14/h6-8,10-11H,3-5,9,12H2,1-2H3/b15-13-. The minimum absolute atomic E-state index is 0.276. The van der Waals surface area contributed by atoms with Gasteiger partial charge in [-0.25, -0.2) is 0 Å². The van der Waals surface area contributed by atoms with Crippen LogP contribution in [0.2, 0.25) is 0 Å². The maximum absolute atomic E-state index is 11.0. The van der Waals surface area contributed by atoms with Gasteiger partial charge in [0, 0.05) is 12.5 Å². The second-order valence-electron chi connectivity index (χ2n) is 4.50. The molecule has 0 atom stereocenters. The van der Waals surface area contributed by atoms with Crippen LogP contribution in [0.15, 0.2) is 36.0 Å². The molecule has 0 saturated heterocycles. The van der Waals surface area contributed by atoms with E-state index in [1.54, 1.807) is 6.92 Å². The molecular formula is C15H21NO2. The quantitative estimate of drug-likeness (QED) is 0.399. The van der Waals surface area contributed by atoms with Crippen LogP contribution in [0, 0.1) is 10.1 Å². The average Bonchev–Trinajstić information content (AvgIpc) is 2.39. The normalized spacial score (nSPS) is 12.1. The average molecular weight is 247 g/mol. The molecule has 98 valence electrons. The minimum Gasteiger partial charge on any atom is -0.259 e. The molecule has 1 rings (SSSR count). The Kier molecular flexibility index (Phi) is 6.12. The van der Waals surface area contributed by atoms with Crippen LogP contribution in [0.1, 0.15) is 51.5 Å². The van der Waals surface area contributed by atoms with Crippen molar-refractivity contribution in [1.82, 2.24) is 0 Å². The molecule has 0 aliphatic heterocycles. The zero-order valence-corrected chi connectivity index (χ0v) is 11.2. The zero-order valence-electron chi connectivity index (χ0n) is 11.2. The lowest BCUT2D eigenvalue weighted by Gasteiger charge is -2.07. The fourth-order valence-electron chi connectivity index (χ4n) is 2.01. The first kappa shape index (κ1) is 14.4. The van der Waals surface area contributed by atoms with Gasteiger partial charge in [0.2, 0.25) is 5.70 Å². The van der Waals surface area contributed by atoms with Crippen molar-refractivity contribution >= 4 is 5.57 Å². The number of allylic oxidation sites excluding steroid dienone is 2. The molecule has 0 aliphatic carbocycles. The molecule has 0 heterocycles. The molecule has 0 amide bonds. The third-order valence-electron chi connectivity index (χ3n) is 3.11. The van der Waals surface area contributed by atoms with Crippen LogP contribution in [0.4, 0.5) is 0 Å². The molecule has 1 aromatic rings. The number of rotatable bonds is 7. The maximum atomic E-state index is 11.0. The smallest absolute Gasteiger partial charge is 0.246 e. The number of benzene rings is 1. The van der Waals surface area contributed by atoms with Crippen LogP contribution < -0.4 is 0 Å². The second kappa shape index (κ2) is 7.64. The summed E-state index contributed by atoms with van der Waals surface area (Å²) in [4.78, 5) is 10.7. The Bertz CT molecular complexity index is 410. The van der Waals surface area contributed by atoms with Gasteiger partial charge in [-0.1, -0.05) is 56.5 Å². The van der Waals surface area contributed by atoms with E-state index in [0.29, 0.717) is 0 Å². The third kappa shape index (κ3) is 4.32. The van der Waals surface area contributed by atoms with Crippen LogP contribution in [0.25, 0.3) is 5.57 Å². The minimum atomic E-state index is -0.276. The largest absolute Gasteiger partial charge is 0.259 e. The number of unbranched alkanes of at least 4 members (excludes halogenated alkanes) is 3. The van der Waals surface area contributed by atoms with Crippen molar-refractivity contribution in [3.63, 3.8) is 0 Å². The first-order chi connectivity index (χ1) is 8.66. The van der Waals surface area contributed by atoms with Crippen molar-refractivity contribution in [3.05, 3.63) is 51.7 Å². The molecule has 0 spiro atoms. The molecule has 0 N–H and O–H groups in total. The Labute approximate surface area is 109 Å². The van der Waals surface area contributed by atoms with E-state index in [-0.39, 0.29) is 10.6 Å². The maximum Gasteiger partial charge on any atom is 0.246 e. The lowest BCUT2D eigenvalue weighted by molar-refractivity contribution is -0.423. The van der Waals surface area contributed by atoms with Crippen LogP contribution in [0.3, 0.4) is 0 Å². The summed E-state index contributed by atoms with van der Waals surface area (Å²) in [5.41, 5.74) is 2.12. The fourth-order valence-corrected chi connectivity index (χ4v) is 2.01. The molecule has 3 nitrogen and oxygen atoms in total. The van der Waals surface area contributed by atoms with E-state index in [1.165, 1.54) is 12.8 Å². The Balaban J connectivity index is 2.84. The number of hydrogen-bond acceptors (Lipinski definition) is 2. The molecule has 3 heteroatoms. The van der Waals surface area contributed by atoms with Gasteiger partial charge in [0.25, 0.3) is 0 Å². The van der Waals surface area contributed by atoms with Gasteiger partial charge in [-0.05, 0) is 18.4 Å². The van der Waals surface area contributed by atoms with Gasteiger partial charge in [0.1, 0.15) is 0 Å². The fraction of sp³-hybridized carbons (Fsp3) is 0.467. The van der Waals surface area contributed by atoms with Crippen molar-refractivity contribution < 1.29 is 4.92 Å². The highest BCUT2D eigenvalue weighted by atomic mass is 16.6. The highest BCUT2D eigenvalue weighted by Crippen LogP contribution is 2.25. The second-order valence-corrected chi connectivity index (χ2v) is 4.50. The first-order valence-corrected chi connectivity index (χ1v) is 6.56. The zero-order chi connectivity index (χ0) is 13.4. The molecule has 0 fully saturated rings. The Morgan fingerprint density at radius 2 is 1.83 bits per heavy atom. The molecular weight excluding hydrogens is 226 g/mol. The molecule has 1 aromatic carbocycles. The van der Waals surface area contributed by atoms with Crippen LogP contribution >= 0.6 is 0 Å². The molecule has 0 unspecified atom stereocenters. The van der Waals surface area contributed by atoms with Crippen molar-refractivity contribution in [2.24, 2.45) is 0 Å². The topological polar surface area (TPSA) is 43.1 Å². The van der Waals surface area contributed by atoms with E-state index in [9.17, 15) is 10.1 Å². The molecule has 0 bridgehead atoms. The predicted molar refractivity (Wildman–Crippen MR) is 74.8 cm³/mol. The predicted octanol–water partition coefficient (Wildman–Crippen LogP) is 4.66. The molecule has 0 aliphatic rings. The summed E-state index contributed by atoms with van der Waals surface area (Å²) in [7, 11) is 0. The summed E-state index contributed by atoms with van der Waals surface area (Å²) in [5.74, 6) is 0. The Hall–Kier alpha value is -1.64. The highest BCUT2D eigenvalue weighted by Gasteiger charge is 2.14. The Morgan fingerprint density at radius 3 is 2.39 bits per heavy atom. The van der Waals surface area contributed by atoms with E-state index >= 15 is 0 Å². The van der Waals surface area contributed by atoms with Gasteiger partial charge in [0.05, 0.1) is 4.92 Å². The van der Waals surface area contributed by atoms with Crippen molar-refractivity contribution in [1.29, 1.82) is 0 Å². The molecule has 0 saturated carbocycles. The van der Waals surface area contributed by atoms with E-state index in [1.807, 2.05) is 30.3 Å². The summed E-state index contributed by atoms with van der Waals surface area (Å²) < 4.78 is 0. The van der Waals surface area contributed by atoms with Gasteiger partial charge in [-0.2, -0.15) is 0 Å². The van der Waals surface area contributed by atoms with Crippen molar-refractivity contribution in [2.75, 3.05) is 0 Å². The van der Waals surface area contributed by atoms with E-state index < -0.39 is 0 Å². The number of nitro groups is 1. The van der Waals surface area contributed by atoms with Gasteiger partial charge in [0.15, 0.2) is 0 Å². The summed E-state index contributed by atoms with van der Waals surface area (Å²) in [6.07, 6.45) is 5.32. The van der Waals surface area contributed by atoms with Gasteiger partial charge in [-0.3, -0.25) is 10.1 Å². The highest BCUT2D eigenvalue weighted by molar-refractivity contribution is 5.66. The summed E-state index contributed by atoms with van der Waals surface area (Å²) >= 11 is 0. The van der Waals surface area contributed by atoms with Crippen LogP contribution in [0.5, 0.6) is 0 Å². The molecule has 18 heavy (non-hydrogen) atoms. The van der Waals surface area contributed by atoms with Crippen molar-refractivity contribution in [2.45, 2.75) is 46.0 Å². The van der Waals surface area contributed by atoms with Crippen LogP contribution in [-0.2, 0) is 0 Å². The SMILES string of the molecule is CCCCCC/C(=C(\C)[N+](=O)[O-])c1ccccc1. The number of hydrogen-bond donors (Lipinski definition) is 0. The van der Waals surface area contributed by atoms with E-state index in [2.05, 4.69) is 6.92 Å².